The second-order valence-corrected chi connectivity index (χ2v) is 13.4. The first-order valence-corrected chi connectivity index (χ1v) is 17.1. The fourth-order valence-corrected chi connectivity index (χ4v) is 6.59. The van der Waals surface area contributed by atoms with Crippen molar-refractivity contribution in [2.75, 3.05) is 32.5 Å². The van der Waals surface area contributed by atoms with Crippen LogP contribution in [-0.2, 0) is 20.7 Å². The van der Waals surface area contributed by atoms with E-state index in [0.717, 1.165) is 42.5 Å². The number of hydrogen-bond acceptors (Lipinski definition) is 9. The van der Waals surface area contributed by atoms with Crippen LogP contribution in [0.1, 0.15) is 105 Å². The molecule has 0 saturated carbocycles. The molecule has 1 aliphatic carbocycles. The van der Waals surface area contributed by atoms with E-state index >= 15 is 0 Å². The van der Waals surface area contributed by atoms with E-state index in [1.54, 1.807) is 31.4 Å². The molecule has 1 saturated heterocycles. The van der Waals surface area contributed by atoms with Crippen molar-refractivity contribution in [2.24, 2.45) is 22.6 Å². The standard InChI is InChI=1S/C37H52N6O5/c1-7-9-11-25(21-41-8-2)22-47-34(46)37-33(45)31-27(18-23(3)4)12-10-13-28(31)32(44)36(37,48-37)16-14-24(5)19-29(43-35(39)40-6)26-15-17-42-30(38)20-26/h10,12-15,17,20,23,25,29,41H,7-9,11,16,18-19,21-22H2,1-6H3,(H2,38,42)(H3,39,40,43). The van der Waals surface area contributed by atoms with Crippen LogP contribution in [0.5, 0.6) is 0 Å². The zero-order valence-corrected chi connectivity index (χ0v) is 29.2. The summed E-state index contributed by atoms with van der Waals surface area (Å²) in [6.07, 6.45) is 7.43. The first kappa shape index (κ1) is 36.7. The quantitative estimate of drug-likeness (QED) is 0.0465. The summed E-state index contributed by atoms with van der Waals surface area (Å²) in [4.78, 5) is 51.1. The lowest BCUT2D eigenvalue weighted by atomic mass is 9.70. The Hall–Kier alpha value is -4.09. The van der Waals surface area contributed by atoms with Crippen LogP contribution in [0.3, 0.4) is 0 Å². The first-order valence-electron chi connectivity index (χ1n) is 17.1. The Balaban J connectivity index is 1.68. The number of anilines is 1. The summed E-state index contributed by atoms with van der Waals surface area (Å²) in [6, 6.07) is 8.60. The van der Waals surface area contributed by atoms with Gasteiger partial charge in [0.05, 0.1) is 12.6 Å². The second kappa shape index (κ2) is 15.9. The van der Waals surface area contributed by atoms with Gasteiger partial charge >= 0.3 is 5.97 Å². The molecule has 1 aliphatic heterocycles. The van der Waals surface area contributed by atoms with E-state index in [4.69, 9.17) is 20.9 Å². The Morgan fingerprint density at radius 2 is 1.96 bits per heavy atom. The number of hydrogen-bond donors (Lipinski definition) is 4. The van der Waals surface area contributed by atoms with Gasteiger partial charge in [0, 0.05) is 43.3 Å². The van der Waals surface area contributed by atoms with Gasteiger partial charge in [-0.05, 0) is 61.9 Å². The summed E-state index contributed by atoms with van der Waals surface area (Å²) < 4.78 is 12.1. The fourth-order valence-electron chi connectivity index (χ4n) is 6.59. The molecule has 2 heterocycles. The van der Waals surface area contributed by atoms with E-state index in [0.29, 0.717) is 25.2 Å². The van der Waals surface area contributed by atoms with Gasteiger partial charge in [0.2, 0.25) is 5.78 Å². The minimum Gasteiger partial charge on any atom is -0.463 e. The highest BCUT2D eigenvalue weighted by Crippen LogP contribution is 2.59. The number of aromatic nitrogens is 1. The Kier molecular flexibility index (Phi) is 12.1. The van der Waals surface area contributed by atoms with Crippen LogP contribution in [0.15, 0.2) is 53.2 Å². The summed E-state index contributed by atoms with van der Waals surface area (Å²) >= 11 is 0. The van der Waals surface area contributed by atoms with E-state index in [-0.39, 0.29) is 53.8 Å². The number of esters is 1. The molecule has 0 radical (unpaired) electrons. The number of ketones is 2. The number of Topliss-reactive ketones (excluding diaryl/α,β-unsaturated/α-hetero) is 2. The smallest absolute Gasteiger partial charge is 0.350 e. The maximum Gasteiger partial charge on any atom is 0.350 e. The van der Waals surface area contributed by atoms with Gasteiger partial charge < -0.3 is 31.6 Å². The number of nitrogen functional groups attached to an aromatic ring is 1. The molecule has 4 atom stereocenters. The van der Waals surface area contributed by atoms with Crippen LogP contribution in [0.2, 0.25) is 0 Å². The van der Waals surface area contributed by atoms with E-state index < -0.39 is 23.0 Å². The zero-order valence-electron chi connectivity index (χ0n) is 29.2. The largest absolute Gasteiger partial charge is 0.463 e. The summed E-state index contributed by atoms with van der Waals surface area (Å²) in [6.45, 7) is 11.8. The van der Waals surface area contributed by atoms with E-state index in [2.05, 4.69) is 27.5 Å². The maximum atomic E-state index is 14.5. The van der Waals surface area contributed by atoms with Crippen molar-refractivity contribution in [1.82, 2.24) is 15.6 Å². The molecule has 11 heteroatoms. The number of fused-ring (bicyclic) bond motifs is 2. The van der Waals surface area contributed by atoms with Crippen molar-refractivity contribution in [3.63, 3.8) is 0 Å². The molecule has 4 unspecified atom stereocenters. The Morgan fingerprint density at radius 3 is 2.62 bits per heavy atom. The van der Waals surface area contributed by atoms with Gasteiger partial charge in [-0.15, -0.1) is 0 Å². The number of ether oxygens (including phenoxy) is 2. The summed E-state index contributed by atoms with van der Waals surface area (Å²) in [7, 11) is 1.59. The third-order valence-corrected chi connectivity index (χ3v) is 9.21. The van der Waals surface area contributed by atoms with Crippen LogP contribution < -0.4 is 22.1 Å². The number of rotatable bonds is 17. The van der Waals surface area contributed by atoms with Gasteiger partial charge in [-0.1, -0.05) is 70.4 Å². The van der Waals surface area contributed by atoms with Gasteiger partial charge in [-0.3, -0.25) is 14.6 Å². The number of carbonyl (C=O) groups is 3. The van der Waals surface area contributed by atoms with E-state index in [1.807, 2.05) is 45.9 Å². The molecule has 2 aromatic rings. The molecule has 260 valence electrons. The minimum atomic E-state index is -2.04. The van der Waals surface area contributed by atoms with Crippen molar-refractivity contribution in [2.45, 2.75) is 90.4 Å². The highest BCUT2D eigenvalue weighted by Gasteiger charge is 2.85. The molecule has 48 heavy (non-hydrogen) atoms. The number of nitrogens with one attached hydrogen (secondary N) is 2. The number of benzene rings is 1. The zero-order chi connectivity index (χ0) is 35.1. The third kappa shape index (κ3) is 7.63. The van der Waals surface area contributed by atoms with E-state index in [1.165, 1.54) is 0 Å². The lowest BCUT2D eigenvalue weighted by molar-refractivity contribution is -0.149. The maximum absolute atomic E-state index is 14.5. The topological polar surface area (TPSA) is 174 Å². The highest BCUT2D eigenvalue weighted by molar-refractivity contribution is 6.33. The van der Waals surface area contributed by atoms with Gasteiger partial charge in [0.1, 0.15) is 5.82 Å². The van der Waals surface area contributed by atoms with Crippen molar-refractivity contribution in [3.8, 4) is 0 Å². The molecule has 1 aromatic carbocycles. The number of nitrogens with two attached hydrogens (primary N) is 2. The number of aliphatic imine (C=N–C) groups is 1. The summed E-state index contributed by atoms with van der Waals surface area (Å²) in [5.74, 6) is -0.752. The average molecular weight is 661 g/mol. The molecular weight excluding hydrogens is 608 g/mol. The number of epoxide rings is 1. The second-order valence-electron chi connectivity index (χ2n) is 13.4. The molecule has 0 amide bonds. The SMILES string of the molecule is CCCCC(CNCC)COC(=O)C12OC1(CC=C(C)CC(NC(N)=NC)c1ccnc(N)c1)C(=O)c1cccc(CC(C)C)c1C2=O. The molecular formula is C37H52N6O5. The molecule has 0 bridgehead atoms. The van der Waals surface area contributed by atoms with Gasteiger partial charge in [-0.25, -0.2) is 9.78 Å². The molecule has 1 fully saturated rings. The summed E-state index contributed by atoms with van der Waals surface area (Å²) in [5.41, 5.74) is 11.3. The third-order valence-electron chi connectivity index (χ3n) is 9.21. The average Bonchev–Trinajstić information content (AvgIpc) is 3.77. The van der Waals surface area contributed by atoms with Crippen LogP contribution in [0.25, 0.3) is 0 Å². The number of guanidine groups is 1. The molecule has 11 nitrogen and oxygen atoms in total. The lowest BCUT2D eigenvalue weighted by Gasteiger charge is -2.26. The molecule has 6 N–H and O–H groups in total. The number of carbonyl (C=O) groups excluding carboxylic acids is 3. The van der Waals surface area contributed by atoms with Crippen LogP contribution >= 0.6 is 0 Å². The fraction of sp³-hybridized carbons (Fsp3) is 0.541. The minimum absolute atomic E-state index is 0.0194. The Labute approximate surface area is 284 Å². The van der Waals surface area contributed by atoms with Gasteiger partial charge in [0.15, 0.2) is 17.3 Å². The van der Waals surface area contributed by atoms with Crippen molar-refractivity contribution in [1.29, 1.82) is 0 Å². The van der Waals surface area contributed by atoms with Crippen molar-refractivity contribution in [3.05, 3.63) is 70.4 Å². The lowest BCUT2D eigenvalue weighted by Crippen LogP contribution is -2.51. The van der Waals surface area contributed by atoms with Crippen LogP contribution in [0.4, 0.5) is 5.82 Å². The number of nitrogens with zero attached hydrogens (tertiary/aromatic N) is 2. The summed E-state index contributed by atoms with van der Waals surface area (Å²) in [5, 5.41) is 6.54. The molecule has 2 aliphatic rings. The predicted molar refractivity (Wildman–Crippen MR) is 188 cm³/mol. The van der Waals surface area contributed by atoms with Crippen molar-refractivity contribution >= 4 is 29.3 Å². The first-order chi connectivity index (χ1) is 22.9. The monoisotopic (exact) mass is 660 g/mol. The Morgan fingerprint density at radius 1 is 1.19 bits per heavy atom. The number of unbranched alkanes of at least 4 members (excludes halogenated alkanes) is 1. The normalized spacial score (nSPS) is 21.8. The van der Waals surface area contributed by atoms with Crippen molar-refractivity contribution < 1.29 is 23.9 Å². The highest BCUT2D eigenvalue weighted by atomic mass is 16.7. The predicted octanol–water partition coefficient (Wildman–Crippen LogP) is 4.71. The molecule has 4 rings (SSSR count). The van der Waals surface area contributed by atoms with Crippen LogP contribution in [0, 0.1) is 11.8 Å². The number of pyridine rings is 1. The van der Waals surface area contributed by atoms with Crippen LogP contribution in [-0.4, -0.2) is 66.4 Å². The van der Waals surface area contributed by atoms with Gasteiger partial charge in [0.25, 0.3) is 5.60 Å². The molecule has 1 aromatic heterocycles. The van der Waals surface area contributed by atoms with Gasteiger partial charge in [-0.2, -0.15) is 0 Å². The van der Waals surface area contributed by atoms with E-state index in [9.17, 15) is 14.4 Å². The molecule has 0 spiro atoms. The Bertz CT molecular complexity index is 1550.